The van der Waals surface area contributed by atoms with E-state index in [0.717, 1.165) is 0 Å². The van der Waals surface area contributed by atoms with Gasteiger partial charge in [0.1, 0.15) is 0 Å². The summed E-state index contributed by atoms with van der Waals surface area (Å²) in [6, 6.07) is 42.4. The van der Waals surface area contributed by atoms with Crippen LogP contribution < -0.4 is 0 Å². The number of hydrogen-bond donors (Lipinski definition) is 0. The Hall–Kier alpha value is -10.5. The molecule has 0 fully saturated rings. The third-order valence-electron chi connectivity index (χ3n) is 9.75. The summed E-state index contributed by atoms with van der Waals surface area (Å²) in [6.45, 7) is 4.29. The number of rotatable bonds is 0. The second kappa shape index (κ2) is 23.2. The molecule has 64 heavy (non-hydrogen) atoms. The van der Waals surface area contributed by atoms with Gasteiger partial charge >= 0.3 is 0 Å². The molecule has 13 heteroatoms. The number of benzene rings is 5. The Kier molecular flexibility index (Phi) is 17.3. The van der Waals surface area contributed by atoms with Crippen LogP contribution in [-0.2, 0) is 32.1 Å². The highest BCUT2D eigenvalue weighted by atomic mass is 14.3. The van der Waals surface area contributed by atoms with Gasteiger partial charge in [0.25, 0.3) is 0 Å². The molecule has 0 spiro atoms. The maximum atomic E-state index is 10.2. The first kappa shape index (κ1) is 47.8. The van der Waals surface area contributed by atoms with E-state index in [1.54, 1.807) is 78.9 Å². The van der Waals surface area contributed by atoms with Crippen molar-refractivity contribution in [2.24, 2.45) is 0 Å². The fourth-order valence-corrected chi connectivity index (χ4v) is 6.98. The van der Waals surface area contributed by atoms with Crippen molar-refractivity contribution < 1.29 is 0 Å². The standard InChI is InChI=1S/C45H20N10.3C2H3N/c46-16-36-8-28-2-30-10-42(22-52)32(12-40(30)20-50)4-34-14-45(25-55)35(15-44(34)24-54)5-33-13-41(21-51)31(11-43(33)23-53)3-29-9-37(17-47)27(7-39(29)19-49)1-26(36)6-38(28)18-48;3*1-2-3/h6-15H,1-5H2;3*1H3. The average molecular weight is 824 g/mol. The second-order valence-corrected chi connectivity index (χ2v) is 13.5. The van der Waals surface area contributed by atoms with Crippen LogP contribution in [0.25, 0.3) is 0 Å². The normalized spacial score (nSPS) is 9.91. The van der Waals surface area contributed by atoms with Crippen molar-refractivity contribution in [3.05, 3.63) is 172 Å². The Morgan fingerprint density at radius 1 is 0.219 bits per heavy atom. The Labute approximate surface area is 370 Å². The fraction of sp³-hybridized carbons (Fsp3) is 0.157. The number of nitriles is 13. The van der Waals surface area contributed by atoms with E-state index in [1.807, 2.05) is 0 Å². The molecule has 0 aliphatic heterocycles. The van der Waals surface area contributed by atoms with Crippen LogP contribution in [0.5, 0.6) is 0 Å². The first-order chi connectivity index (χ1) is 31.0. The molecule has 10 aliphatic rings. The molecule has 0 radical (unpaired) electrons. The molecule has 0 saturated carbocycles. The van der Waals surface area contributed by atoms with E-state index in [1.165, 1.54) is 20.8 Å². The van der Waals surface area contributed by atoms with Crippen LogP contribution in [0.15, 0.2) is 60.7 Å². The van der Waals surface area contributed by atoms with E-state index in [2.05, 4.69) is 60.7 Å². The molecule has 5 aromatic carbocycles. The molecular weight excluding hydrogens is 795 g/mol. The molecule has 298 valence electrons. The third kappa shape index (κ3) is 10.9. The highest BCUT2D eigenvalue weighted by Gasteiger charge is 2.21. The molecule has 10 bridgehead atoms. The van der Waals surface area contributed by atoms with Crippen LogP contribution in [0.1, 0.15) is 132 Å². The van der Waals surface area contributed by atoms with E-state index in [9.17, 15) is 52.6 Å². The first-order valence-electron chi connectivity index (χ1n) is 18.7. The Balaban J connectivity index is 0.00000112. The topological polar surface area (TPSA) is 309 Å². The van der Waals surface area contributed by atoms with Crippen molar-refractivity contribution in [3.63, 3.8) is 0 Å². The van der Waals surface area contributed by atoms with Crippen LogP contribution in [0.3, 0.4) is 0 Å². The lowest BCUT2D eigenvalue weighted by molar-refractivity contribution is 1.09. The van der Waals surface area contributed by atoms with E-state index in [-0.39, 0.29) is 87.7 Å². The maximum Gasteiger partial charge on any atom is 0.0994 e. The predicted molar refractivity (Wildman–Crippen MR) is 227 cm³/mol. The van der Waals surface area contributed by atoms with Gasteiger partial charge in [0, 0.05) is 52.9 Å². The zero-order valence-corrected chi connectivity index (χ0v) is 34.6. The minimum Gasteiger partial charge on any atom is -0.199 e. The largest absolute Gasteiger partial charge is 0.199 e. The zero-order chi connectivity index (χ0) is 47.3. The lowest BCUT2D eigenvalue weighted by atomic mass is 9.87. The van der Waals surface area contributed by atoms with Crippen molar-refractivity contribution in [2.75, 3.05) is 0 Å². The van der Waals surface area contributed by atoms with Crippen LogP contribution in [0.2, 0.25) is 0 Å². The summed E-state index contributed by atoms with van der Waals surface area (Å²) in [7, 11) is 0. The average Bonchev–Trinajstić information content (AvgIpc) is 3.30. The molecule has 10 aliphatic carbocycles. The first-order valence-corrected chi connectivity index (χ1v) is 18.7. The van der Waals surface area contributed by atoms with Gasteiger partial charge in [-0.15, -0.1) is 0 Å². The molecule has 0 aromatic heterocycles. The molecule has 15 rings (SSSR count). The van der Waals surface area contributed by atoms with Crippen molar-refractivity contribution >= 4 is 0 Å². The summed E-state index contributed by atoms with van der Waals surface area (Å²) in [6.07, 6.45) is 0.200. The van der Waals surface area contributed by atoms with Crippen LogP contribution >= 0.6 is 0 Å². The van der Waals surface area contributed by atoms with Gasteiger partial charge in [-0.25, -0.2) is 0 Å². The van der Waals surface area contributed by atoms with E-state index in [0.29, 0.717) is 55.6 Å². The monoisotopic (exact) mass is 823 g/mol. The van der Waals surface area contributed by atoms with Gasteiger partial charge in [-0.2, -0.15) is 68.4 Å². The van der Waals surface area contributed by atoms with Crippen molar-refractivity contribution in [2.45, 2.75) is 52.9 Å². The third-order valence-corrected chi connectivity index (χ3v) is 9.75. The number of nitrogens with zero attached hydrogens (tertiary/aromatic N) is 13. The van der Waals surface area contributed by atoms with E-state index in [4.69, 9.17) is 15.8 Å². The summed E-state index contributed by atoms with van der Waals surface area (Å²) in [5.74, 6) is 0. The highest BCUT2D eigenvalue weighted by molar-refractivity contribution is 5.61. The quantitative estimate of drug-likeness (QED) is 0.139. The second-order valence-electron chi connectivity index (χ2n) is 13.5. The van der Waals surface area contributed by atoms with E-state index < -0.39 is 0 Å². The van der Waals surface area contributed by atoms with Crippen molar-refractivity contribution in [1.82, 2.24) is 0 Å². The lowest BCUT2D eigenvalue weighted by Crippen LogP contribution is -2.05. The van der Waals surface area contributed by atoms with Crippen molar-refractivity contribution in [3.8, 4) is 78.9 Å². The molecule has 0 unspecified atom stereocenters. The van der Waals surface area contributed by atoms with Gasteiger partial charge in [0.15, 0.2) is 0 Å². The van der Waals surface area contributed by atoms with Gasteiger partial charge in [-0.05, 0) is 116 Å². The molecule has 0 saturated heterocycles. The number of hydrogen-bond acceptors (Lipinski definition) is 13. The van der Waals surface area contributed by atoms with Crippen LogP contribution in [0, 0.1) is 147 Å². The predicted octanol–water partition coefficient (Wildman–Crippen LogP) is 8.26. The summed E-state index contributed by atoms with van der Waals surface area (Å²) in [4.78, 5) is 0. The Bertz CT molecular complexity index is 2580. The maximum absolute atomic E-state index is 10.2. The smallest absolute Gasteiger partial charge is 0.0994 e. The summed E-state index contributed by atoms with van der Waals surface area (Å²) in [5, 5.41) is 124. The van der Waals surface area contributed by atoms with Gasteiger partial charge in [-0.1, -0.05) is 0 Å². The van der Waals surface area contributed by atoms with Crippen molar-refractivity contribution in [1.29, 1.82) is 68.4 Å². The molecule has 0 N–H and O–H groups in total. The van der Waals surface area contributed by atoms with Gasteiger partial charge in [-0.3, -0.25) is 0 Å². The molecular formula is C51H29N13. The highest BCUT2D eigenvalue weighted by Crippen LogP contribution is 2.31. The zero-order valence-electron chi connectivity index (χ0n) is 34.6. The van der Waals surface area contributed by atoms with Gasteiger partial charge in [0.05, 0.1) is 135 Å². The molecule has 13 nitrogen and oxygen atoms in total. The summed E-state index contributed by atoms with van der Waals surface area (Å²) >= 11 is 0. The molecule has 0 amide bonds. The minimum absolute atomic E-state index is 0.0399. The lowest BCUT2D eigenvalue weighted by Gasteiger charge is -2.14. The summed E-state index contributed by atoms with van der Waals surface area (Å²) < 4.78 is 0. The van der Waals surface area contributed by atoms with E-state index >= 15 is 0 Å². The van der Waals surface area contributed by atoms with Crippen LogP contribution in [0.4, 0.5) is 0 Å². The van der Waals surface area contributed by atoms with Crippen LogP contribution in [-0.4, -0.2) is 0 Å². The summed E-state index contributed by atoms with van der Waals surface area (Å²) in [5.41, 5.74) is 6.50. The fourth-order valence-electron chi connectivity index (χ4n) is 6.98. The minimum atomic E-state index is 0.0399. The molecule has 0 heterocycles. The molecule has 0 atom stereocenters. The van der Waals surface area contributed by atoms with Gasteiger partial charge < -0.3 is 0 Å². The Morgan fingerprint density at radius 2 is 0.297 bits per heavy atom. The molecule has 5 aromatic rings. The van der Waals surface area contributed by atoms with Gasteiger partial charge in [0.2, 0.25) is 0 Å². The SMILES string of the molecule is CC#N.CC#N.CC#N.N#Cc1cc2c(C#N)cc1Cc1cc(C#N)c(cc1C#N)Cc1cc(C#N)c(cc1C#N)Cc1cc(C#N)c(cc1C#N)Cc1cc(C#N)c(cc1C#N)C2. The Morgan fingerprint density at radius 3 is 0.359 bits per heavy atom.